The summed E-state index contributed by atoms with van der Waals surface area (Å²) in [4.78, 5) is 12.2. The molecular formula is C34H33N3O4. The zero-order valence-electron chi connectivity index (χ0n) is 23.7. The van der Waals surface area contributed by atoms with Gasteiger partial charge in [-0.05, 0) is 55.6 Å². The highest BCUT2D eigenvalue weighted by Crippen LogP contribution is 2.46. The van der Waals surface area contributed by atoms with Gasteiger partial charge in [0.15, 0.2) is 17.6 Å². The number of oxime groups is 1. The molecule has 0 atom stereocenters. The van der Waals surface area contributed by atoms with Crippen LogP contribution in [-0.2, 0) is 4.84 Å². The van der Waals surface area contributed by atoms with Crippen LogP contribution in [0.4, 0.5) is 0 Å². The van der Waals surface area contributed by atoms with Gasteiger partial charge < -0.3 is 28.9 Å². The number of likely N-dealkylation sites (N-methyl/N-ethyl adjacent to an activating group) is 1. The minimum atomic E-state index is -0.382. The van der Waals surface area contributed by atoms with Crippen LogP contribution in [0.15, 0.2) is 96.2 Å². The predicted molar refractivity (Wildman–Crippen MR) is 162 cm³/mol. The Morgan fingerprint density at radius 2 is 1.41 bits per heavy atom. The van der Waals surface area contributed by atoms with Crippen LogP contribution < -0.4 is 14.2 Å². The Hall–Kier alpha value is -4.75. The molecule has 7 heteroatoms. The summed E-state index contributed by atoms with van der Waals surface area (Å²) in [7, 11) is 7.35. The lowest BCUT2D eigenvalue weighted by atomic mass is 10.0. The van der Waals surface area contributed by atoms with Crippen molar-refractivity contribution in [2.75, 3.05) is 41.5 Å². The Balaban J connectivity index is 1.49. The first-order valence-corrected chi connectivity index (χ1v) is 13.6. The standard InChI is InChI=1S/C34H33N3O4/c1-37(2)17-18-40-24-15-16-28-27(19-24)31-32(35-28)25-20-29(38-3)30(39-4)21-26(25)33(31)36-41-34(22-11-7-5-8-12-22)23-13-9-6-10-14-23/h5-16,19-21,34-35H,17-18H2,1-4H3. The normalized spacial score (nSPS) is 13.1. The third-order valence-electron chi connectivity index (χ3n) is 7.32. The molecule has 1 aliphatic rings. The fourth-order valence-corrected chi connectivity index (χ4v) is 5.24. The van der Waals surface area contributed by atoms with Crippen molar-refractivity contribution >= 4 is 16.6 Å². The van der Waals surface area contributed by atoms with Gasteiger partial charge in [0.2, 0.25) is 0 Å². The van der Waals surface area contributed by atoms with Crippen molar-refractivity contribution in [1.82, 2.24) is 9.88 Å². The third-order valence-corrected chi connectivity index (χ3v) is 7.32. The van der Waals surface area contributed by atoms with E-state index in [4.69, 9.17) is 24.2 Å². The third kappa shape index (κ3) is 5.12. The number of methoxy groups -OCH3 is 2. The molecule has 208 valence electrons. The molecule has 0 radical (unpaired) electrons. The highest BCUT2D eigenvalue weighted by molar-refractivity contribution is 6.30. The van der Waals surface area contributed by atoms with Crippen LogP contribution in [-0.4, -0.2) is 57.1 Å². The number of aromatic amines is 1. The molecule has 0 saturated heterocycles. The Morgan fingerprint density at radius 1 is 0.780 bits per heavy atom. The van der Waals surface area contributed by atoms with E-state index in [1.54, 1.807) is 14.2 Å². The van der Waals surface area contributed by atoms with Crippen molar-refractivity contribution in [3.8, 4) is 28.5 Å². The number of nitrogens with zero attached hydrogens (tertiary/aromatic N) is 2. The second-order valence-corrected chi connectivity index (χ2v) is 10.2. The van der Waals surface area contributed by atoms with Gasteiger partial charge in [-0.3, -0.25) is 0 Å². The maximum Gasteiger partial charge on any atom is 0.177 e. The second-order valence-electron chi connectivity index (χ2n) is 10.2. The summed E-state index contributed by atoms with van der Waals surface area (Å²) >= 11 is 0. The van der Waals surface area contributed by atoms with E-state index in [1.165, 1.54) is 0 Å². The summed E-state index contributed by atoms with van der Waals surface area (Å²) in [6.45, 7) is 1.43. The first-order valence-electron chi connectivity index (χ1n) is 13.6. The molecule has 5 aromatic rings. The van der Waals surface area contributed by atoms with E-state index in [1.807, 2.05) is 74.8 Å². The smallest absolute Gasteiger partial charge is 0.177 e. The molecular weight excluding hydrogens is 514 g/mol. The molecule has 1 N–H and O–H groups in total. The predicted octanol–water partition coefficient (Wildman–Crippen LogP) is 6.66. The lowest BCUT2D eigenvalue weighted by Crippen LogP contribution is -2.19. The fraction of sp³-hybridized carbons (Fsp3) is 0.206. The number of hydrogen-bond donors (Lipinski definition) is 1. The molecule has 7 nitrogen and oxygen atoms in total. The minimum absolute atomic E-state index is 0.382. The van der Waals surface area contributed by atoms with Crippen LogP contribution >= 0.6 is 0 Å². The van der Waals surface area contributed by atoms with E-state index < -0.39 is 0 Å². The number of nitrogens with one attached hydrogen (secondary N) is 1. The lowest BCUT2D eigenvalue weighted by molar-refractivity contribution is 0.0878. The molecule has 41 heavy (non-hydrogen) atoms. The van der Waals surface area contributed by atoms with E-state index in [0.29, 0.717) is 18.1 Å². The Kier molecular flexibility index (Phi) is 7.35. The molecule has 1 heterocycles. The van der Waals surface area contributed by atoms with E-state index in [0.717, 1.165) is 62.4 Å². The molecule has 6 rings (SSSR count). The van der Waals surface area contributed by atoms with E-state index in [2.05, 4.69) is 40.2 Å². The van der Waals surface area contributed by atoms with Crippen LogP contribution in [0.5, 0.6) is 17.2 Å². The van der Waals surface area contributed by atoms with Gasteiger partial charge in [0, 0.05) is 34.1 Å². The SMILES string of the molecule is COc1cc2c(cc1OC)-c1[nH]c3ccc(OCCN(C)C)cc3c1C2=NOC(c1ccccc1)c1ccccc1. The molecule has 0 fully saturated rings. The zero-order valence-corrected chi connectivity index (χ0v) is 23.7. The summed E-state index contributed by atoms with van der Waals surface area (Å²) < 4.78 is 17.4. The molecule has 0 unspecified atom stereocenters. The van der Waals surface area contributed by atoms with Crippen molar-refractivity contribution in [2.45, 2.75) is 6.10 Å². The van der Waals surface area contributed by atoms with Gasteiger partial charge in [-0.25, -0.2) is 0 Å². The molecule has 0 spiro atoms. The molecule has 1 aromatic heterocycles. The summed E-state index contributed by atoms with van der Waals surface area (Å²) in [5.74, 6) is 2.08. The van der Waals surface area contributed by atoms with Crippen molar-refractivity contribution in [1.29, 1.82) is 0 Å². The van der Waals surface area contributed by atoms with Crippen molar-refractivity contribution in [3.63, 3.8) is 0 Å². The number of ether oxygens (including phenoxy) is 3. The fourth-order valence-electron chi connectivity index (χ4n) is 5.24. The molecule has 0 bridgehead atoms. The maximum atomic E-state index is 6.45. The number of aromatic nitrogens is 1. The molecule has 0 aliphatic heterocycles. The van der Waals surface area contributed by atoms with E-state index in [-0.39, 0.29) is 6.10 Å². The number of fused-ring (bicyclic) bond motifs is 5. The van der Waals surface area contributed by atoms with Gasteiger partial charge in [0.25, 0.3) is 0 Å². The van der Waals surface area contributed by atoms with Crippen LogP contribution in [0.3, 0.4) is 0 Å². The number of H-pyrrole nitrogens is 1. The Labute approximate surface area is 239 Å². The highest BCUT2D eigenvalue weighted by Gasteiger charge is 2.32. The molecule has 4 aromatic carbocycles. The molecule has 0 saturated carbocycles. The van der Waals surface area contributed by atoms with Crippen molar-refractivity contribution < 1.29 is 19.0 Å². The number of hydrogen-bond acceptors (Lipinski definition) is 6. The summed E-state index contributed by atoms with van der Waals surface area (Å²) in [5.41, 5.74) is 7.55. The van der Waals surface area contributed by atoms with Gasteiger partial charge >= 0.3 is 0 Å². The topological polar surface area (TPSA) is 68.3 Å². The second kappa shape index (κ2) is 11.4. The van der Waals surface area contributed by atoms with Crippen LogP contribution in [0.25, 0.3) is 22.2 Å². The maximum absolute atomic E-state index is 6.45. The zero-order chi connectivity index (χ0) is 28.3. The largest absolute Gasteiger partial charge is 0.493 e. The van der Waals surface area contributed by atoms with Crippen LogP contribution in [0, 0.1) is 0 Å². The lowest BCUT2D eigenvalue weighted by Gasteiger charge is -2.17. The van der Waals surface area contributed by atoms with Gasteiger partial charge in [-0.15, -0.1) is 0 Å². The molecule has 1 aliphatic carbocycles. The van der Waals surface area contributed by atoms with Crippen LogP contribution in [0.2, 0.25) is 0 Å². The molecule has 0 amide bonds. The van der Waals surface area contributed by atoms with E-state index in [9.17, 15) is 0 Å². The summed E-state index contributed by atoms with van der Waals surface area (Å²) in [6.07, 6.45) is -0.382. The van der Waals surface area contributed by atoms with Gasteiger partial charge in [0.1, 0.15) is 18.1 Å². The Morgan fingerprint density at radius 3 is 2.02 bits per heavy atom. The first kappa shape index (κ1) is 26.5. The van der Waals surface area contributed by atoms with Gasteiger partial charge in [-0.2, -0.15) is 0 Å². The number of benzene rings is 4. The average Bonchev–Trinajstić information content (AvgIpc) is 3.51. The summed E-state index contributed by atoms with van der Waals surface area (Å²) in [6, 6.07) is 30.4. The highest BCUT2D eigenvalue weighted by atomic mass is 16.6. The Bertz CT molecular complexity index is 1650. The average molecular weight is 548 g/mol. The quantitative estimate of drug-likeness (QED) is 0.194. The van der Waals surface area contributed by atoms with Crippen LogP contribution in [0.1, 0.15) is 28.4 Å². The van der Waals surface area contributed by atoms with Crippen molar-refractivity contribution in [3.05, 3.63) is 113 Å². The monoisotopic (exact) mass is 547 g/mol. The van der Waals surface area contributed by atoms with E-state index >= 15 is 0 Å². The summed E-state index contributed by atoms with van der Waals surface area (Å²) in [5, 5.41) is 5.89. The van der Waals surface area contributed by atoms with Gasteiger partial charge in [-0.1, -0.05) is 65.8 Å². The van der Waals surface area contributed by atoms with Gasteiger partial charge in [0.05, 0.1) is 19.9 Å². The first-order chi connectivity index (χ1) is 20.1. The minimum Gasteiger partial charge on any atom is -0.493 e. The number of rotatable bonds is 10. The van der Waals surface area contributed by atoms with Crippen molar-refractivity contribution in [2.24, 2.45) is 5.16 Å².